The van der Waals surface area contributed by atoms with Crippen LogP contribution in [0.3, 0.4) is 0 Å². The van der Waals surface area contributed by atoms with E-state index in [0.717, 1.165) is 28.5 Å². The summed E-state index contributed by atoms with van der Waals surface area (Å²) in [6, 6.07) is 21.7. The van der Waals surface area contributed by atoms with E-state index in [1.54, 1.807) is 0 Å². The van der Waals surface area contributed by atoms with Gasteiger partial charge in [-0.15, -0.1) is 0 Å². The predicted octanol–water partition coefficient (Wildman–Crippen LogP) is 6.19. The van der Waals surface area contributed by atoms with Crippen LogP contribution in [0.5, 0.6) is 0 Å². The number of carbonyl (C=O) groups excluding carboxylic acids is 1. The molecule has 3 nitrogen and oxygen atoms in total. The van der Waals surface area contributed by atoms with Gasteiger partial charge in [-0.3, -0.25) is 4.79 Å². The van der Waals surface area contributed by atoms with E-state index in [4.69, 9.17) is 23.2 Å². The molecule has 4 aromatic rings. The highest BCUT2D eigenvalue weighted by molar-refractivity contribution is 6.31. The van der Waals surface area contributed by atoms with Gasteiger partial charge in [0.25, 0.3) is 0 Å². The van der Waals surface area contributed by atoms with Gasteiger partial charge in [0, 0.05) is 33.7 Å². The van der Waals surface area contributed by atoms with Crippen molar-refractivity contribution in [1.29, 1.82) is 0 Å². The Labute approximate surface area is 185 Å². The van der Waals surface area contributed by atoms with Gasteiger partial charge >= 0.3 is 0 Å². The van der Waals surface area contributed by atoms with Crippen molar-refractivity contribution in [1.82, 2.24) is 9.88 Å². The van der Waals surface area contributed by atoms with E-state index in [0.29, 0.717) is 23.0 Å². The van der Waals surface area contributed by atoms with Crippen LogP contribution in [-0.4, -0.2) is 22.3 Å². The van der Waals surface area contributed by atoms with Crippen LogP contribution in [0.2, 0.25) is 10.0 Å². The number of aromatic nitrogens is 1. The third-order valence-corrected chi connectivity index (χ3v) is 6.31. The summed E-state index contributed by atoms with van der Waals surface area (Å²) < 4.78 is 0. The Morgan fingerprint density at radius 1 is 1.00 bits per heavy atom. The molecule has 150 valence electrons. The fourth-order valence-corrected chi connectivity index (χ4v) is 4.80. The molecular weight excluding hydrogens is 415 g/mol. The van der Waals surface area contributed by atoms with Gasteiger partial charge in [0.05, 0.1) is 12.5 Å². The molecule has 0 saturated heterocycles. The topological polar surface area (TPSA) is 36.1 Å². The van der Waals surface area contributed by atoms with Crippen molar-refractivity contribution >= 4 is 40.0 Å². The molecule has 0 radical (unpaired) electrons. The van der Waals surface area contributed by atoms with Crippen LogP contribution in [0.25, 0.3) is 10.9 Å². The molecule has 3 aromatic carbocycles. The van der Waals surface area contributed by atoms with Crippen molar-refractivity contribution in [2.75, 3.05) is 6.54 Å². The number of nitrogens with one attached hydrogen (secondary N) is 1. The average Bonchev–Trinajstić information content (AvgIpc) is 3.14. The molecule has 0 fully saturated rings. The van der Waals surface area contributed by atoms with Gasteiger partial charge in [0.1, 0.15) is 0 Å². The molecule has 2 heterocycles. The minimum absolute atomic E-state index is 0.0929. The number of H-pyrrole nitrogens is 1. The van der Waals surface area contributed by atoms with Crippen molar-refractivity contribution < 1.29 is 4.79 Å². The van der Waals surface area contributed by atoms with Gasteiger partial charge in [-0.25, -0.2) is 0 Å². The molecule has 30 heavy (non-hydrogen) atoms. The van der Waals surface area contributed by atoms with Crippen LogP contribution in [0, 0.1) is 0 Å². The first-order valence-electron chi connectivity index (χ1n) is 9.98. The summed E-state index contributed by atoms with van der Waals surface area (Å²) in [7, 11) is 0. The van der Waals surface area contributed by atoms with Gasteiger partial charge in [-0.1, -0.05) is 59.6 Å². The SMILES string of the molecule is O=C(Cc1c[nH]c2ccc(Cl)cc12)N1CCc2ccccc2C1c1cccc(Cl)c1. The number of aromatic amines is 1. The van der Waals surface area contributed by atoms with Crippen LogP contribution >= 0.6 is 23.2 Å². The van der Waals surface area contributed by atoms with Crippen LogP contribution in [0.15, 0.2) is 72.9 Å². The quantitative estimate of drug-likeness (QED) is 0.409. The lowest BCUT2D eigenvalue weighted by atomic mass is 9.88. The number of rotatable bonds is 3. The van der Waals surface area contributed by atoms with E-state index in [-0.39, 0.29) is 11.9 Å². The number of fused-ring (bicyclic) bond motifs is 2. The standard InChI is InChI=1S/C25H20Cl2N2O/c26-19-6-3-5-17(12-19)25-21-7-2-1-4-16(21)10-11-29(25)24(30)13-18-15-28-23-9-8-20(27)14-22(18)23/h1-9,12,14-15,25,28H,10-11,13H2. The molecule has 0 bridgehead atoms. The van der Waals surface area contributed by atoms with E-state index in [1.165, 1.54) is 11.1 Å². The Balaban J connectivity index is 1.53. The van der Waals surface area contributed by atoms with Gasteiger partial charge in [-0.05, 0) is 59.0 Å². The van der Waals surface area contributed by atoms with Crippen molar-refractivity contribution in [3.05, 3.63) is 105 Å². The lowest BCUT2D eigenvalue weighted by Gasteiger charge is -2.38. The molecule has 1 amide bonds. The second-order valence-corrected chi connectivity index (χ2v) is 8.55. The highest BCUT2D eigenvalue weighted by atomic mass is 35.5. The summed E-state index contributed by atoms with van der Waals surface area (Å²) in [5.74, 6) is 0.0929. The second kappa shape index (κ2) is 7.82. The number of hydrogen-bond acceptors (Lipinski definition) is 1. The molecule has 1 aromatic heterocycles. The Kier molecular flexibility index (Phi) is 5.01. The van der Waals surface area contributed by atoms with Gasteiger partial charge in [-0.2, -0.15) is 0 Å². The zero-order valence-electron chi connectivity index (χ0n) is 16.2. The maximum absolute atomic E-state index is 13.5. The van der Waals surface area contributed by atoms with Gasteiger partial charge < -0.3 is 9.88 Å². The summed E-state index contributed by atoms with van der Waals surface area (Å²) in [6.45, 7) is 0.677. The minimum Gasteiger partial charge on any atom is -0.361 e. The first-order valence-corrected chi connectivity index (χ1v) is 10.7. The minimum atomic E-state index is -0.144. The number of halogens is 2. The van der Waals surface area contributed by atoms with E-state index in [9.17, 15) is 4.79 Å². The largest absolute Gasteiger partial charge is 0.361 e. The summed E-state index contributed by atoms with van der Waals surface area (Å²) in [5.41, 5.74) is 5.43. The molecule has 0 spiro atoms. The normalized spacial score (nSPS) is 15.9. The van der Waals surface area contributed by atoms with E-state index < -0.39 is 0 Å². The summed E-state index contributed by atoms with van der Waals surface area (Å²) in [4.78, 5) is 18.7. The molecule has 1 unspecified atom stereocenters. The second-order valence-electron chi connectivity index (χ2n) is 7.67. The smallest absolute Gasteiger partial charge is 0.227 e. The Morgan fingerprint density at radius 2 is 1.83 bits per heavy atom. The van der Waals surface area contributed by atoms with Crippen molar-refractivity contribution in [3.8, 4) is 0 Å². The lowest BCUT2D eigenvalue weighted by Crippen LogP contribution is -2.41. The number of nitrogens with zero attached hydrogens (tertiary/aromatic N) is 1. The zero-order chi connectivity index (χ0) is 20.7. The van der Waals surface area contributed by atoms with Crippen molar-refractivity contribution in [2.24, 2.45) is 0 Å². The van der Waals surface area contributed by atoms with Crippen molar-refractivity contribution in [3.63, 3.8) is 0 Å². The average molecular weight is 435 g/mol. The maximum atomic E-state index is 13.5. The molecular formula is C25H20Cl2N2O. The van der Waals surface area contributed by atoms with Crippen LogP contribution < -0.4 is 0 Å². The third kappa shape index (κ3) is 3.49. The Bertz CT molecular complexity index is 1250. The molecule has 1 aliphatic rings. The van der Waals surface area contributed by atoms with E-state index in [1.807, 2.05) is 59.6 Å². The lowest BCUT2D eigenvalue weighted by molar-refractivity contribution is -0.132. The van der Waals surface area contributed by atoms with Gasteiger partial charge in [0.15, 0.2) is 0 Å². The summed E-state index contributed by atoms with van der Waals surface area (Å²) in [6.07, 6.45) is 3.07. The molecule has 5 heteroatoms. The third-order valence-electron chi connectivity index (χ3n) is 5.84. The van der Waals surface area contributed by atoms with Crippen LogP contribution in [-0.2, 0) is 17.6 Å². The van der Waals surface area contributed by atoms with Gasteiger partial charge in [0.2, 0.25) is 5.91 Å². The monoisotopic (exact) mass is 434 g/mol. The zero-order valence-corrected chi connectivity index (χ0v) is 17.8. The maximum Gasteiger partial charge on any atom is 0.227 e. The highest BCUT2D eigenvalue weighted by Gasteiger charge is 2.32. The van der Waals surface area contributed by atoms with Crippen LogP contribution in [0.1, 0.15) is 28.3 Å². The number of benzene rings is 3. The van der Waals surface area contributed by atoms with Crippen molar-refractivity contribution in [2.45, 2.75) is 18.9 Å². The summed E-state index contributed by atoms with van der Waals surface area (Å²) >= 11 is 12.5. The van der Waals surface area contributed by atoms with E-state index in [2.05, 4.69) is 23.2 Å². The molecule has 1 aliphatic heterocycles. The van der Waals surface area contributed by atoms with E-state index >= 15 is 0 Å². The molecule has 0 saturated carbocycles. The first kappa shape index (κ1) is 19.2. The Hall–Kier alpha value is -2.75. The first-order chi connectivity index (χ1) is 14.6. The summed E-state index contributed by atoms with van der Waals surface area (Å²) in [5, 5.41) is 2.33. The fraction of sp³-hybridized carbons (Fsp3) is 0.160. The molecule has 0 aliphatic carbocycles. The number of carbonyl (C=O) groups is 1. The molecule has 1 N–H and O–H groups in total. The molecule has 5 rings (SSSR count). The predicted molar refractivity (Wildman–Crippen MR) is 122 cm³/mol. The highest BCUT2D eigenvalue weighted by Crippen LogP contribution is 2.36. The molecule has 1 atom stereocenters. The fourth-order valence-electron chi connectivity index (χ4n) is 4.43. The number of hydrogen-bond donors (Lipinski definition) is 1. The van der Waals surface area contributed by atoms with Crippen LogP contribution in [0.4, 0.5) is 0 Å². The number of amides is 1. The Morgan fingerprint density at radius 3 is 2.70 bits per heavy atom.